The summed E-state index contributed by atoms with van der Waals surface area (Å²) in [5, 5.41) is 3.12. The lowest BCUT2D eigenvalue weighted by atomic mass is 10.00. The Morgan fingerprint density at radius 2 is 1.92 bits per heavy atom. The first-order valence-corrected chi connectivity index (χ1v) is 9.09. The number of carbonyl (C=O) groups excluding carboxylic acids is 1. The van der Waals surface area contributed by atoms with Crippen molar-refractivity contribution in [3.8, 4) is 0 Å². The molecule has 1 heterocycles. The summed E-state index contributed by atoms with van der Waals surface area (Å²) < 4.78 is 5.62. The van der Waals surface area contributed by atoms with Crippen molar-refractivity contribution in [3.05, 3.63) is 35.4 Å². The minimum absolute atomic E-state index is 0.0272. The number of hydrogen-bond donors (Lipinski definition) is 1. The minimum Gasteiger partial charge on any atom is -0.376 e. The average Bonchev–Trinajstić information content (AvgIpc) is 2.51. The fourth-order valence-electron chi connectivity index (χ4n) is 3.16. The maximum Gasteiger partial charge on any atom is 0.234 e. The third-order valence-electron chi connectivity index (χ3n) is 4.58. The largest absolute Gasteiger partial charge is 0.376 e. The smallest absolute Gasteiger partial charge is 0.234 e. The number of carbonyl (C=O) groups is 1. The molecule has 1 aliphatic rings. The van der Waals surface area contributed by atoms with E-state index in [0.717, 1.165) is 18.5 Å². The zero-order valence-corrected chi connectivity index (χ0v) is 15.7. The van der Waals surface area contributed by atoms with E-state index in [9.17, 15) is 4.79 Å². The van der Waals surface area contributed by atoms with Crippen LogP contribution in [0.2, 0.25) is 0 Å². The molecule has 2 rings (SSSR count). The lowest BCUT2D eigenvalue weighted by molar-refractivity contribution is -0.126. The molecule has 1 aromatic rings. The molecular formula is C20H32N2O2. The molecule has 0 unspecified atom stereocenters. The zero-order valence-electron chi connectivity index (χ0n) is 15.7. The molecule has 0 bridgehead atoms. The van der Waals surface area contributed by atoms with Crippen LogP contribution in [-0.2, 0) is 16.0 Å². The number of amides is 1. The summed E-state index contributed by atoms with van der Waals surface area (Å²) in [4.78, 5) is 14.6. The number of hydrogen-bond acceptors (Lipinski definition) is 3. The van der Waals surface area contributed by atoms with Crippen LogP contribution in [-0.4, -0.2) is 42.6 Å². The van der Waals surface area contributed by atoms with Crippen LogP contribution in [0.5, 0.6) is 0 Å². The molecule has 1 aliphatic heterocycles. The van der Waals surface area contributed by atoms with E-state index in [4.69, 9.17) is 4.74 Å². The van der Waals surface area contributed by atoms with Gasteiger partial charge in [0.2, 0.25) is 5.91 Å². The zero-order chi connectivity index (χ0) is 17.7. The molecule has 0 aromatic heterocycles. The highest BCUT2D eigenvalue weighted by Crippen LogP contribution is 2.16. The Morgan fingerprint density at radius 1 is 1.25 bits per heavy atom. The van der Waals surface area contributed by atoms with E-state index < -0.39 is 0 Å². The van der Waals surface area contributed by atoms with Crippen molar-refractivity contribution in [2.24, 2.45) is 5.92 Å². The molecule has 0 radical (unpaired) electrons. The predicted octanol–water partition coefficient (Wildman–Crippen LogP) is 3.17. The average molecular weight is 332 g/mol. The number of ether oxygens (including phenoxy) is 1. The van der Waals surface area contributed by atoms with Crippen molar-refractivity contribution in [2.75, 3.05) is 19.7 Å². The van der Waals surface area contributed by atoms with E-state index in [-0.39, 0.29) is 24.1 Å². The van der Waals surface area contributed by atoms with Gasteiger partial charge < -0.3 is 10.1 Å². The van der Waals surface area contributed by atoms with Gasteiger partial charge in [0, 0.05) is 12.6 Å². The van der Waals surface area contributed by atoms with Gasteiger partial charge >= 0.3 is 0 Å². The number of morpholine rings is 1. The molecule has 24 heavy (non-hydrogen) atoms. The van der Waals surface area contributed by atoms with Crippen LogP contribution in [0, 0.1) is 5.92 Å². The van der Waals surface area contributed by atoms with E-state index in [1.807, 2.05) is 6.92 Å². The molecule has 1 saturated heterocycles. The first-order valence-electron chi connectivity index (χ1n) is 9.09. The fourth-order valence-corrected chi connectivity index (χ4v) is 3.16. The maximum atomic E-state index is 12.4. The molecule has 0 aliphatic carbocycles. The van der Waals surface area contributed by atoms with Gasteiger partial charge in [0.15, 0.2) is 0 Å². The van der Waals surface area contributed by atoms with Gasteiger partial charge in [0.05, 0.1) is 25.3 Å². The van der Waals surface area contributed by atoms with Crippen molar-refractivity contribution in [1.29, 1.82) is 0 Å². The third kappa shape index (κ3) is 5.60. The summed E-state index contributed by atoms with van der Waals surface area (Å²) in [7, 11) is 0. The van der Waals surface area contributed by atoms with Crippen molar-refractivity contribution in [3.63, 3.8) is 0 Å². The quantitative estimate of drug-likeness (QED) is 0.870. The Kier molecular flexibility index (Phi) is 6.81. The number of benzene rings is 1. The third-order valence-corrected chi connectivity index (χ3v) is 4.58. The summed E-state index contributed by atoms with van der Waals surface area (Å²) in [6, 6.07) is 8.91. The van der Waals surface area contributed by atoms with Gasteiger partial charge in [-0.15, -0.1) is 0 Å². The predicted molar refractivity (Wildman–Crippen MR) is 98.0 cm³/mol. The van der Waals surface area contributed by atoms with Crippen molar-refractivity contribution in [1.82, 2.24) is 10.2 Å². The Morgan fingerprint density at radius 3 is 2.54 bits per heavy atom. The summed E-state index contributed by atoms with van der Waals surface area (Å²) in [5.74, 6) is 0.737. The van der Waals surface area contributed by atoms with E-state index in [1.165, 1.54) is 5.56 Å². The molecule has 1 fully saturated rings. The molecule has 0 spiro atoms. The first kappa shape index (κ1) is 18.9. The number of nitrogens with zero attached hydrogens (tertiary/aromatic N) is 1. The SMILES string of the molecule is CC(C)Cc1ccc([C@H](C)NC(=O)CN2C[C@H](C)OC[C@@H]2C)cc1. The second-order valence-electron chi connectivity index (χ2n) is 7.55. The van der Waals surface area contributed by atoms with Crippen LogP contribution in [0.15, 0.2) is 24.3 Å². The number of nitrogens with one attached hydrogen (secondary N) is 1. The molecule has 134 valence electrons. The second kappa shape index (κ2) is 8.63. The Labute approximate surface area is 146 Å². The van der Waals surface area contributed by atoms with Crippen LogP contribution >= 0.6 is 0 Å². The van der Waals surface area contributed by atoms with Crippen molar-refractivity contribution >= 4 is 5.91 Å². The van der Waals surface area contributed by atoms with E-state index in [1.54, 1.807) is 0 Å². The Hall–Kier alpha value is -1.39. The first-order chi connectivity index (χ1) is 11.3. The second-order valence-corrected chi connectivity index (χ2v) is 7.55. The van der Waals surface area contributed by atoms with Crippen LogP contribution in [0.25, 0.3) is 0 Å². The summed E-state index contributed by atoms with van der Waals surface area (Å²) >= 11 is 0. The Balaban J connectivity index is 1.86. The molecule has 4 heteroatoms. The molecular weight excluding hydrogens is 300 g/mol. The van der Waals surface area contributed by atoms with Gasteiger partial charge in [-0.05, 0) is 44.2 Å². The lowest BCUT2D eigenvalue weighted by Crippen LogP contribution is -2.51. The summed E-state index contributed by atoms with van der Waals surface area (Å²) in [5.41, 5.74) is 2.50. The molecule has 4 nitrogen and oxygen atoms in total. The van der Waals surface area contributed by atoms with Gasteiger partial charge in [-0.25, -0.2) is 0 Å². The topological polar surface area (TPSA) is 41.6 Å². The van der Waals surface area contributed by atoms with Crippen LogP contribution in [0.3, 0.4) is 0 Å². The van der Waals surface area contributed by atoms with Crippen molar-refractivity contribution in [2.45, 2.75) is 59.2 Å². The van der Waals surface area contributed by atoms with E-state index in [2.05, 4.69) is 62.2 Å². The highest BCUT2D eigenvalue weighted by Gasteiger charge is 2.25. The molecule has 1 amide bonds. The van der Waals surface area contributed by atoms with E-state index in [0.29, 0.717) is 19.1 Å². The van der Waals surface area contributed by atoms with E-state index >= 15 is 0 Å². The highest BCUT2D eigenvalue weighted by molar-refractivity contribution is 5.78. The molecule has 0 saturated carbocycles. The minimum atomic E-state index is 0.0272. The summed E-state index contributed by atoms with van der Waals surface area (Å²) in [6.45, 7) is 12.6. The van der Waals surface area contributed by atoms with Gasteiger partial charge in [-0.2, -0.15) is 0 Å². The summed E-state index contributed by atoms with van der Waals surface area (Å²) in [6.07, 6.45) is 1.29. The lowest BCUT2D eigenvalue weighted by Gasteiger charge is -2.36. The highest BCUT2D eigenvalue weighted by atomic mass is 16.5. The van der Waals surface area contributed by atoms with Gasteiger partial charge in [-0.1, -0.05) is 38.1 Å². The standard InChI is InChI=1S/C20H32N2O2/c1-14(2)10-18-6-8-19(9-7-18)17(5)21-20(23)12-22-11-16(4)24-13-15(22)3/h6-9,14-17H,10-13H2,1-5H3,(H,21,23)/t15-,16-,17-/m0/s1. The monoisotopic (exact) mass is 332 g/mol. The molecule has 1 N–H and O–H groups in total. The van der Waals surface area contributed by atoms with Crippen LogP contribution in [0.4, 0.5) is 0 Å². The van der Waals surface area contributed by atoms with Gasteiger partial charge in [0.25, 0.3) is 0 Å². The van der Waals surface area contributed by atoms with Crippen molar-refractivity contribution < 1.29 is 9.53 Å². The van der Waals surface area contributed by atoms with Gasteiger partial charge in [0.1, 0.15) is 0 Å². The molecule has 3 atom stereocenters. The molecule has 1 aromatic carbocycles. The van der Waals surface area contributed by atoms with Gasteiger partial charge in [-0.3, -0.25) is 9.69 Å². The fraction of sp³-hybridized carbons (Fsp3) is 0.650. The van der Waals surface area contributed by atoms with Crippen LogP contribution in [0.1, 0.15) is 51.8 Å². The number of rotatable bonds is 6. The van der Waals surface area contributed by atoms with Crippen LogP contribution < -0.4 is 5.32 Å². The Bertz CT molecular complexity index is 527. The maximum absolute atomic E-state index is 12.4. The normalized spacial score (nSPS) is 23.2.